The van der Waals surface area contributed by atoms with Crippen molar-refractivity contribution in [3.8, 4) is 0 Å². The Morgan fingerprint density at radius 1 is 1.14 bits per heavy atom. The second-order valence-corrected chi connectivity index (χ2v) is 8.18. The Hall–Kier alpha value is -2.96. The van der Waals surface area contributed by atoms with E-state index in [1.165, 1.54) is 0 Å². The second-order valence-electron chi connectivity index (χ2n) is 8.18. The van der Waals surface area contributed by atoms with E-state index in [1.807, 2.05) is 44.2 Å². The molecule has 0 spiro atoms. The summed E-state index contributed by atoms with van der Waals surface area (Å²) in [6.45, 7) is 6.00. The van der Waals surface area contributed by atoms with Crippen LogP contribution in [0.25, 0.3) is 10.8 Å². The van der Waals surface area contributed by atoms with Gasteiger partial charge in [-0.15, -0.1) is 0 Å². The van der Waals surface area contributed by atoms with Crippen LogP contribution in [0.1, 0.15) is 30.8 Å². The summed E-state index contributed by atoms with van der Waals surface area (Å²) in [5.41, 5.74) is 0.419. The Bertz CT molecular complexity index is 953. The minimum Gasteiger partial charge on any atom is -0.335 e. The van der Waals surface area contributed by atoms with Gasteiger partial charge in [-0.3, -0.25) is 19.4 Å². The maximum atomic E-state index is 13.2. The predicted octanol–water partition coefficient (Wildman–Crippen LogP) is 1.78. The van der Waals surface area contributed by atoms with Crippen molar-refractivity contribution in [2.75, 3.05) is 32.7 Å². The average molecular weight is 394 g/mol. The van der Waals surface area contributed by atoms with Crippen molar-refractivity contribution in [1.29, 1.82) is 0 Å². The minimum absolute atomic E-state index is 0.00381. The van der Waals surface area contributed by atoms with Gasteiger partial charge in [0, 0.05) is 37.8 Å². The molecule has 3 amide bonds. The van der Waals surface area contributed by atoms with Crippen LogP contribution in [0.4, 0.5) is 0 Å². The number of hydrogen-bond donors (Lipinski definition) is 0. The Morgan fingerprint density at radius 2 is 1.93 bits per heavy atom. The fourth-order valence-electron chi connectivity index (χ4n) is 4.27. The summed E-state index contributed by atoms with van der Waals surface area (Å²) < 4.78 is 0. The van der Waals surface area contributed by atoms with Crippen LogP contribution in [0.3, 0.4) is 0 Å². The van der Waals surface area contributed by atoms with Crippen LogP contribution in [0, 0.1) is 5.92 Å². The molecular weight excluding hydrogens is 368 g/mol. The molecule has 1 aromatic heterocycles. The van der Waals surface area contributed by atoms with E-state index >= 15 is 0 Å². The van der Waals surface area contributed by atoms with Gasteiger partial charge in [0.1, 0.15) is 11.7 Å². The lowest BCUT2D eigenvalue weighted by molar-refractivity contribution is -0.156. The second kappa shape index (κ2) is 7.81. The molecule has 0 bridgehead atoms. The molecule has 1 atom stereocenters. The van der Waals surface area contributed by atoms with Crippen molar-refractivity contribution >= 4 is 28.5 Å². The molecule has 7 nitrogen and oxygen atoms in total. The highest BCUT2D eigenvalue weighted by atomic mass is 16.2. The molecule has 4 rings (SSSR count). The normalized spacial score (nSPS) is 20.2. The number of piperazine rings is 1. The summed E-state index contributed by atoms with van der Waals surface area (Å²) in [7, 11) is 0. The van der Waals surface area contributed by atoms with E-state index in [0.717, 1.165) is 10.8 Å². The summed E-state index contributed by atoms with van der Waals surface area (Å²) in [4.78, 5) is 48.2. The van der Waals surface area contributed by atoms with Crippen molar-refractivity contribution in [2.45, 2.75) is 26.3 Å². The number of fused-ring (bicyclic) bond motifs is 2. The number of carbonyl (C=O) groups excluding carboxylic acids is 3. The van der Waals surface area contributed by atoms with E-state index in [1.54, 1.807) is 20.9 Å². The molecule has 0 saturated carbocycles. The first-order valence-electron chi connectivity index (χ1n) is 10.2. The lowest BCUT2D eigenvalue weighted by atomic mass is 10.1. The van der Waals surface area contributed by atoms with Gasteiger partial charge in [0.2, 0.25) is 11.8 Å². The van der Waals surface area contributed by atoms with Gasteiger partial charge in [-0.2, -0.15) is 0 Å². The zero-order valence-corrected chi connectivity index (χ0v) is 16.9. The first-order chi connectivity index (χ1) is 14.0. The number of hydrogen-bond acceptors (Lipinski definition) is 4. The van der Waals surface area contributed by atoms with Crippen LogP contribution < -0.4 is 0 Å². The maximum absolute atomic E-state index is 13.2. The number of pyridine rings is 1. The van der Waals surface area contributed by atoms with Crippen molar-refractivity contribution in [1.82, 2.24) is 19.7 Å². The van der Waals surface area contributed by atoms with E-state index in [0.29, 0.717) is 44.2 Å². The number of amides is 3. The zero-order valence-electron chi connectivity index (χ0n) is 16.9. The molecule has 1 unspecified atom stereocenters. The summed E-state index contributed by atoms with van der Waals surface area (Å²) in [5.74, 6) is 0.115. The van der Waals surface area contributed by atoms with Gasteiger partial charge in [0.25, 0.3) is 5.91 Å². The molecular formula is C22H26N4O3. The molecule has 152 valence electrons. The zero-order chi connectivity index (χ0) is 20.5. The van der Waals surface area contributed by atoms with Crippen LogP contribution in [0.2, 0.25) is 0 Å². The third-order valence-electron chi connectivity index (χ3n) is 5.65. The highest BCUT2D eigenvalue weighted by Gasteiger charge is 2.41. The molecule has 1 aromatic carbocycles. The lowest BCUT2D eigenvalue weighted by Crippen LogP contribution is -2.60. The molecule has 0 N–H and O–H groups in total. The van der Waals surface area contributed by atoms with E-state index in [4.69, 9.17) is 0 Å². The Kier molecular flexibility index (Phi) is 5.22. The molecule has 2 fully saturated rings. The van der Waals surface area contributed by atoms with Gasteiger partial charge in [-0.1, -0.05) is 38.1 Å². The molecule has 29 heavy (non-hydrogen) atoms. The Labute approximate surface area is 170 Å². The fourth-order valence-corrected chi connectivity index (χ4v) is 4.27. The van der Waals surface area contributed by atoms with E-state index < -0.39 is 6.04 Å². The lowest BCUT2D eigenvalue weighted by Gasteiger charge is -2.39. The summed E-state index contributed by atoms with van der Waals surface area (Å²) in [6, 6.07) is 9.08. The molecule has 0 radical (unpaired) electrons. The predicted molar refractivity (Wildman–Crippen MR) is 109 cm³/mol. The van der Waals surface area contributed by atoms with Gasteiger partial charge in [0.05, 0.1) is 6.54 Å². The first kappa shape index (κ1) is 19.4. The standard InChI is InChI=1S/C22H26N4O3/c1-15(2)13-25-14-19(27)26-12-11-24(10-8-18(26)21(25)28)22(29)20-17-6-4-3-5-16(17)7-9-23-20/h3-7,9,15,18H,8,10-14H2,1-2H3. The third-order valence-corrected chi connectivity index (χ3v) is 5.65. The van der Waals surface area contributed by atoms with Crippen LogP contribution >= 0.6 is 0 Å². The van der Waals surface area contributed by atoms with Crippen LogP contribution in [0.15, 0.2) is 36.5 Å². The van der Waals surface area contributed by atoms with Crippen molar-refractivity contribution in [3.05, 3.63) is 42.2 Å². The first-order valence-corrected chi connectivity index (χ1v) is 10.2. The van der Waals surface area contributed by atoms with Gasteiger partial charge in [0.15, 0.2) is 0 Å². The number of aromatic nitrogens is 1. The van der Waals surface area contributed by atoms with Crippen molar-refractivity contribution in [3.63, 3.8) is 0 Å². The van der Waals surface area contributed by atoms with Crippen LogP contribution in [-0.4, -0.2) is 76.2 Å². The highest BCUT2D eigenvalue weighted by molar-refractivity contribution is 6.05. The van der Waals surface area contributed by atoms with Gasteiger partial charge >= 0.3 is 0 Å². The number of carbonyl (C=O) groups is 3. The topological polar surface area (TPSA) is 73.8 Å². The van der Waals surface area contributed by atoms with Gasteiger partial charge < -0.3 is 14.7 Å². The molecule has 7 heteroatoms. The van der Waals surface area contributed by atoms with E-state index in [2.05, 4.69) is 4.98 Å². The largest absolute Gasteiger partial charge is 0.335 e. The monoisotopic (exact) mass is 394 g/mol. The maximum Gasteiger partial charge on any atom is 0.273 e. The highest BCUT2D eigenvalue weighted by Crippen LogP contribution is 2.23. The fraction of sp³-hybridized carbons (Fsp3) is 0.455. The SMILES string of the molecule is CC(C)CN1CC(=O)N2CCN(C(=O)c3nccc4ccccc34)CCC2C1=O. The number of benzene rings is 1. The number of rotatable bonds is 3. The summed E-state index contributed by atoms with van der Waals surface area (Å²) in [5, 5.41) is 1.78. The average Bonchev–Trinajstić information content (AvgIpc) is 2.94. The van der Waals surface area contributed by atoms with Gasteiger partial charge in [-0.25, -0.2) is 0 Å². The summed E-state index contributed by atoms with van der Waals surface area (Å²) >= 11 is 0. The van der Waals surface area contributed by atoms with Crippen molar-refractivity contribution < 1.29 is 14.4 Å². The minimum atomic E-state index is -0.478. The molecule has 3 heterocycles. The third kappa shape index (κ3) is 3.69. The molecule has 0 aliphatic carbocycles. The molecule has 2 saturated heterocycles. The molecule has 2 aliphatic rings. The Morgan fingerprint density at radius 3 is 2.72 bits per heavy atom. The molecule has 2 aromatic rings. The van der Waals surface area contributed by atoms with E-state index in [-0.39, 0.29) is 24.3 Å². The van der Waals surface area contributed by atoms with Crippen molar-refractivity contribution in [2.24, 2.45) is 5.92 Å². The Balaban J connectivity index is 1.55. The number of nitrogens with zero attached hydrogens (tertiary/aromatic N) is 4. The van der Waals surface area contributed by atoms with E-state index in [9.17, 15) is 14.4 Å². The smallest absolute Gasteiger partial charge is 0.273 e. The van der Waals surface area contributed by atoms with Gasteiger partial charge in [-0.05, 0) is 23.8 Å². The molecule has 2 aliphatic heterocycles. The van der Waals surface area contributed by atoms with Crippen LogP contribution in [0.5, 0.6) is 0 Å². The quantitative estimate of drug-likeness (QED) is 0.795. The van der Waals surface area contributed by atoms with Crippen LogP contribution in [-0.2, 0) is 9.59 Å². The summed E-state index contributed by atoms with van der Waals surface area (Å²) in [6.07, 6.45) is 2.10.